The lowest BCUT2D eigenvalue weighted by Crippen LogP contribution is -2.64. The molecule has 0 bridgehead atoms. The second kappa shape index (κ2) is 5.96. The molecule has 2 amide bonds. The van der Waals surface area contributed by atoms with Crippen LogP contribution in [0.5, 0.6) is 0 Å². The van der Waals surface area contributed by atoms with Gasteiger partial charge in [-0.15, -0.1) is 0 Å². The van der Waals surface area contributed by atoms with Crippen molar-refractivity contribution in [2.45, 2.75) is 25.8 Å². The van der Waals surface area contributed by atoms with Crippen molar-refractivity contribution in [2.24, 2.45) is 5.92 Å². The first-order valence-electron chi connectivity index (χ1n) is 7.00. The number of amides is 2. The van der Waals surface area contributed by atoms with E-state index in [0.29, 0.717) is 19.5 Å². The van der Waals surface area contributed by atoms with Crippen molar-refractivity contribution >= 4 is 11.8 Å². The molecule has 1 aromatic carbocycles. The molecule has 1 aliphatic heterocycles. The Morgan fingerprint density at radius 1 is 1.43 bits per heavy atom. The molecule has 1 aromatic rings. The average molecular weight is 285 g/mol. The highest BCUT2D eigenvalue weighted by Gasteiger charge is 2.42. The minimum Gasteiger partial charge on any atom is -0.352 e. The summed E-state index contributed by atoms with van der Waals surface area (Å²) in [5.74, 6) is -1.22. The largest absolute Gasteiger partial charge is 0.352 e. The van der Waals surface area contributed by atoms with Crippen LogP contribution >= 0.6 is 0 Å². The van der Waals surface area contributed by atoms with Crippen LogP contribution in [0.15, 0.2) is 30.3 Å². The Kier molecular flexibility index (Phi) is 4.27. The van der Waals surface area contributed by atoms with E-state index in [-0.39, 0.29) is 11.8 Å². The standard InChI is InChI=1S/C16H19N3O2/c1-16(2)15(21)18-8-9-19(16)14(20)13(11-17)10-12-6-4-3-5-7-12/h3-7,13H,8-10H2,1-2H3,(H,18,21). The summed E-state index contributed by atoms with van der Waals surface area (Å²) in [5.41, 5.74) is 0.0258. The number of carbonyl (C=O) groups excluding carboxylic acids is 2. The van der Waals surface area contributed by atoms with Gasteiger partial charge < -0.3 is 10.2 Å². The number of nitrogens with one attached hydrogen (secondary N) is 1. The number of hydrogen-bond acceptors (Lipinski definition) is 3. The monoisotopic (exact) mass is 285 g/mol. The van der Waals surface area contributed by atoms with E-state index in [0.717, 1.165) is 5.56 Å². The van der Waals surface area contributed by atoms with Crippen molar-refractivity contribution in [1.29, 1.82) is 5.26 Å². The lowest BCUT2D eigenvalue weighted by molar-refractivity contribution is -0.150. The Bertz CT molecular complexity index is 575. The summed E-state index contributed by atoms with van der Waals surface area (Å²) in [6.07, 6.45) is 0.365. The van der Waals surface area contributed by atoms with Gasteiger partial charge in [-0.05, 0) is 25.8 Å². The van der Waals surface area contributed by atoms with Gasteiger partial charge in [-0.2, -0.15) is 5.26 Å². The van der Waals surface area contributed by atoms with Gasteiger partial charge in [0.05, 0.1) is 6.07 Å². The van der Waals surface area contributed by atoms with Gasteiger partial charge in [0.25, 0.3) is 0 Å². The van der Waals surface area contributed by atoms with Crippen molar-refractivity contribution in [2.75, 3.05) is 13.1 Å². The fourth-order valence-electron chi connectivity index (χ4n) is 2.51. The zero-order valence-electron chi connectivity index (χ0n) is 12.3. The third kappa shape index (κ3) is 3.05. The zero-order valence-corrected chi connectivity index (χ0v) is 12.3. The van der Waals surface area contributed by atoms with Crippen LogP contribution in [0.4, 0.5) is 0 Å². The summed E-state index contributed by atoms with van der Waals surface area (Å²) in [5, 5.41) is 12.1. The Morgan fingerprint density at radius 2 is 2.10 bits per heavy atom. The second-order valence-corrected chi connectivity index (χ2v) is 5.68. The molecule has 21 heavy (non-hydrogen) atoms. The average Bonchev–Trinajstić information content (AvgIpc) is 2.48. The molecular formula is C16H19N3O2. The topological polar surface area (TPSA) is 73.2 Å². The third-order valence-electron chi connectivity index (χ3n) is 3.85. The van der Waals surface area contributed by atoms with Crippen molar-refractivity contribution < 1.29 is 9.59 Å². The molecule has 1 atom stereocenters. The van der Waals surface area contributed by atoms with E-state index in [1.807, 2.05) is 30.3 Å². The molecule has 0 saturated carbocycles. The summed E-state index contributed by atoms with van der Waals surface area (Å²) in [6.45, 7) is 4.27. The van der Waals surface area contributed by atoms with Crippen LogP contribution in [0, 0.1) is 17.2 Å². The Hall–Kier alpha value is -2.35. The van der Waals surface area contributed by atoms with Gasteiger partial charge in [0.2, 0.25) is 11.8 Å². The van der Waals surface area contributed by atoms with E-state index in [2.05, 4.69) is 11.4 Å². The van der Waals surface area contributed by atoms with Gasteiger partial charge >= 0.3 is 0 Å². The third-order valence-corrected chi connectivity index (χ3v) is 3.85. The second-order valence-electron chi connectivity index (χ2n) is 5.68. The van der Waals surface area contributed by atoms with E-state index >= 15 is 0 Å². The van der Waals surface area contributed by atoms with E-state index in [1.54, 1.807) is 13.8 Å². The fraction of sp³-hybridized carbons (Fsp3) is 0.438. The van der Waals surface area contributed by atoms with Gasteiger partial charge in [0.1, 0.15) is 11.5 Å². The maximum Gasteiger partial charge on any atom is 0.245 e. The number of rotatable bonds is 3. The van der Waals surface area contributed by atoms with Crippen molar-refractivity contribution in [3.63, 3.8) is 0 Å². The normalized spacial score (nSPS) is 18.5. The summed E-state index contributed by atoms with van der Waals surface area (Å²) < 4.78 is 0. The predicted octanol–water partition coefficient (Wildman–Crippen LogP) is 1.11. The number of piperazine rings is 1. The van der Waals surface area contributed by atoms with E-state index in [9.17, 15) is 14.9 Å². The first-order valence-corrected chi connectivity index (χ1v) is 7.00. The zero-order chi connectivity index (χ0) is 15.5. The highest BCUT2D eigenvalue weighted by Crippen LogP contribution is 2.21. The Balaban J connectivity index is 2.17. The van der Waals surface area contributed by atoms with Crippen molar-refractivity contribution in [1.82, 2.24) is 10.2 Å². The van der Waals surface area contributed by atoms with Gasteiger partial charge in [-0.1, -0.05) is 30.3 Å². The molecule has 0 aliphatic carbocycles. The molecule has 5 nitrogen and oxygen atoms in total. The van der Waals surface area contributed by atoms with E-state index < -0.39 is 11.5 Å². The van der Waals surface area contributed by atoms with Gasteiger partial charge in [-0.25, -0.2) is 0 Å². The summed E-state index contributed by atoms with van der Waals surface area (Å²) in [4.78, 5) is 26.0. The molecule has 0 radical (unpaired) electrons. The molecule has 1 heterocycles. The molecule has 1 unspecified atom stereocenters. The lowest BCUT2D eigenvalue weighted by atomic mass is 9.93. The van der Waals surface area contributed by atoms with Crippen molar-refractivity contribution in [3.05, 3.63) is 35.9 Å². The minimum atomic E-state index is -0.916. The first kappa shape index (κ1) is 15.0. The molecule has 0 spiro atoms. The number of nitriles is 1. The molecule has 0 aromatic heterocycles. The van der Waals surface area contributed by atoms with Crippen molar-refractivity contribution in [3.8, 4) is 6.07 Å². The summed E-state index contributed by atoms with van der Waals surface area (Å²) in [6, 6.07) is 11.5. The van der Waals surface area contributed by atoms with Crippen LogP contribution < -0.4 is 5.32 Å². The van der Waals surface area contributed by atoms with Crippen LogP contribution in [0.25, 0.3) is 0 Å². The van der Waals surface area contributed by atoms with Crippen LogP contribution in [0.1, 0.15) is 19.4 Å². The van der Waals surface area contributed by atoms with Gasteiger partial charge in [0.15, 0.2) is 0 Å². The van der Waals surface area contributed by atoms with E-state index in [1.165, 1.54) is 4.90 Å². The molecule has 1 fully saturated rings. The van der Waals surface area contributed by atoms with Crippen LogP contribution in [0.3, 0.4) is 0 Å². The number of hydrogen-bond donors (Lipinski definition) is 1. The summed E-state index contributed by atoms with van der Waals surface area (Å²) in [7, 11) is 0. The molecular weight excluding hydrogens is 266 g/mol. The van der Waals surface area contributed by atoms with Crippen LogP contribution in [-0.4, -0.2) is 35.3 Å². The molecule has 2 rings (SSSR count). The molecule has 1 N–H and O–H groups in total. The highest BCUT2D eigenvalue weighted by molar-refractivity contribution is 5.93. The van der Waals surface area contributed by atoms with Crippen LogP contribution in [0.2, 0.25) is 0 Å². The van der Waals surface area contributed by atoms with Gasteiger partial charge in [0, 0.05) is 13.1 Å². The maximum atomic E-state index is 12.6. The fourth-order valence-corrected chi connectivity index (χ4v) is 2.51. The lowest BCUT2D eigenvalue weighted by Gasteiger charge is -2.42. The maximum absolute atomic E-state index is 12.6. The first-order chi connectivity index (χ1) is 9.96. The molecule has 1 saturated heterocycles. The smallest absolute Gasteiger partial charge is 0.245 e. The Morgan fingerprint density at radius 3 is 2.71 bits per heavy atom. The number of carbonyl (C=O) groups is 2. The van der Waals surface area contributed by atoms with Crippen LogP contribution in [-0.2, 0) is 16.0 Å². The molecule has 1 aliphatic rings. The highest BCUT2D eigenvalue weighted by atomic mass is 16.2. The SMILES string of the molecule is CC1(C)C(=O)NCCN1C(=O)C(C#N)Cc1ccccc1. The van der Waals surface area contributed by atoms with E-state index in [4.69, 9.17) is 0 Å². The Labute approximate surface area is 124 Å². The predicted molar refractivity (Wildman–Crippen MR) is 78.1 cm³/mol. The number of benzene rings is 1. The minimum absolute atomic E-state index is 0.182. The molecule has 110 valence electrons. The number of nitrogens with zero attached hydrogens (tertiary/aromatic N) is 2. The quantitative estimate of drug-likeness (QED) is 0.904. The summed E-state index contributed by atoms with van der Waals surface area (Å²) >= 11 is 0. The van der Waals surface area contributed by atoms with Gasteiger partial charge in [-0.3, -0.25) is 9.59 Å². The molecule has 5 heteroatoms.